The number of para-hydroxylation sites is 1. The molecule has 0 radical (unpaired) electrons. The predicted molar refractivity (Wildman–Crippen MR) is 85.4 cm³/mol. The number of carbonyl (C=O) groups excluding carboxylic acids is 1. The Balaban J connectivity index is 1.71. The smallest absolute Gasteiger partial charge is 0.285 e. The van der Waals surface area contributed by atoms with Crippen molar-refractivity contribution in [3.8, 4) is 5.75 Å². The van der Waals surface area contributed by atoms with E-state index in [1.165, 1.54) is 11.6 Å². The molecular weight excluding hydrogens is 375 g/mol. The van der Waals surface area contributed by atoms with Crippen LogP contribution < -0.4 is 4.89 Å². The van der Waals surface area contributed by atoms with Crippen LogP contribution in [0.25, 0.3) is 11.0 Å². The Morgan fingerprint density at radius 2 is 1.96 bits per heavy atom. The van der Waals surface area contributed by atoms with Gasteiger partial charge in [-0.15, -0.1) is 5.10 Å². The minimum absolute atomic E-state index is 0.219. The summed E-state index contributed by atoms with van der Waals surface area (Å²) in [4.78, 5) is 21.6. The molecule has 0 amide bonds. The summed E-state index contributed by atoms with van der Waals surface area (Å²) < 4.78 is 39.2. The van der Waals surface area contributed by atoms with Crippen LogP contribution in [0, 0.1) is 0 Å². The number of benzene rings is 2. The van der Waals surface area contributed by atoms with Crippen molar-refractivity contribution in [2.24, 2.45) is 0 Å². The lowest BCUT2D eigenvalue weighted by atomic mass is 10.2. The third-order valence-electron chi connectivity index (χ3n) is 3.56. The molecule has 0 saturated heterocycles. The number of nitrogens with zero attached hydrogens (tertiary/aromatic N) is 3. The Bertz CT molecular complexity index is 959. The molecule has 0 saturated carbocycles. The lowest BCUT2D eigenvalue weighted by Crippen LogP contribution is -2.21. The second kappa shape index (κ2) is 6.83. The van der Waals surface area contributed by atoms with Gasteiger partial charge >= 0.3 is 12.1 Å². The van der Waals surface area contributed by atoms with Gasteiger partial charge in [0.2, 0.25) is 0 Å². The first-order valence-corrected chi connectivity index (χ1v) is 7.70. The van der Waals surface area contributed by atoms with E-state index in [2.05, 4.69) is 15.2 Å². The summed E-state index contributed by atoms with van der Waals surface area (Å²) in [6, 6.07) is 8.53. The minimum atomic E-state index is -4.54. The third kappa shape index (κ3) is 3.57. The van der Waals surface area contributed by atoms with Crippen molar-refractivity contribution in [2.45, 2.75) is 19.1 Å². The van der Waals surface area contributed by atoms with E-state index in [-0.39, 0.29) is 10.8 Å². The molecule has 3 aromatic rings. The monoisotopic (exact) mass is 385 g/mol. The van der Waals surface area contributed by atoms with Crippen LogP contribution in [0.3, 0.4) is 0 Å². The number of fused-ring (bicyclic) bond motifs is 1. The molecule has 0 aliphatic heterocycles. The molecule has 1 atom stereocenters. The van der Waals surface area contributed by atoms with E-state index in [1.807, 2.05) is 0 Å². The fraction of sp³-hybridized carbons (Fsp3) is 0.188. The summed E-state index contributed by atoms with van der Waals surface area (Å²) in [6.45, 7) is 1.52. The number of hydrogen-bond donors (Lipinski definition) is 0. The van der Waals surface area contributed by atoms with Crippen LogP contribution in [-0.2, 0) is 15.9 Å². The Kier molecular flexibility index (Phi) is 4.73. The van der Waals surface area contributed by atoms with Gasteiger partial charge in [0.15, 0.2) is 11.8 Å². The molecule has 136 valence electrons. The molecule has 1 unspecified atom stereocenters. The molecule has 10 heteroatoms. The van der Waals surface area contributed by atoms with Crippen molar-refractivity contribution in [3.05, 3.63) is 53.1 Å². The van der Waals surface area contributed by atoms with Crippen molar-refractivity contribution in [2.75, 3.05) is 0 Å². The summed E-state index contributed by atoms with van der Waals surface area (Å²) in [6.07, 6.45) is -4.54. The zero-order valence-corrected chi connectivity index (χ0v) is 14.0. The molecule has 26 heavy (non-hydrogen) atoms. The van der Waals surface area contributed by atoms with Crippen molar-refractivity contribution in [1.82, 2.24) is 15.0 Å². The summed E-state index contributed by atoms with van der Waals surface area (Å²) in [5, 5.41) is 7.47. The van der Waals surface area contributed by atoms with E-state index in [4.69, 9.17) is 16.5 Å². The minimum Gasteiger partial charge on any atom is -0.285 e. The number of rotatable bonds is 4. The fourth-order valence-electron chi connectivity index (χ4n) is 2.17. The van der Waals surface area contributed by atoms with Gasteiger partial charge < -0.3 is 0 Å². The molecule has 0 spiro atoms. The lowest BCUT2D eigenvalue weighted by Gasteiger charge is -2.12. The molecule has 1 aromatic heterocycles. The maximum atomic E-state index is 12.6. The zero-order valence-electron chi connectivity index (χ0n) is 13.2. The molecule has 0 aliphatic rings. The van der Waals surface area contributed by atoms with Crippen molar-refractivity contribution in [1.29, 1.82) is 0 Å². The first-order valence-electron chi connectivity index (χ1n) is 7.32. The van der Waals surface area contributed by atoms with Crippen molar-refractivity contribution >= 4 is 28.6 Å². The van der Waals surface area contributed by atoms with E-state index >= 15 is 0 Å². The average molecular weight is 386 g/mol. The van der Waals surface area contributed by atoms with Gasteiger partial charge in [0.05, 0.1) is 16.1 Å². The van der Waals surface area contributed by atoms with Crippen LogP contribution in [0.5, 0.6) is 5.75 Å². The summed E-state index contributed by atoms with van der Waals surface area (Å²) in [5.74, 6) is -1.04. The quantitative estimate of drug-likeness (QED) is 0.497. The molecule has 0 bridgehead atoms. The number of carbonyl (C=O) groups is 1. The Morgan fingerprint density at radius 3 is 2.65 bits per heavy atom. The molecule has 3 rings (SSSR count). The fourth-order valence-corrected chi connectivity index (χ4v) is 2.39. The summed E-state index contributed by atoms with van der Waals surface area (Å²) >= 11 is 5.73. The van der Waals surface area contributed by atoms with E-state index in [9.17, 15) is 18.0 Å². The van der Waals surface area contributed by atoms with Crippen LogP contribution in [0.15, 0.2) is 42.5 Å². The summed E-state index contributed by atoms with van der Waals surface area (Å²) in [7, 11) is 0. The highest BCUT2D eigenvalue weighted by molar-refractivity contribution is 6.32. The lowest BCUT2D eigenvalue weighted by molar-refractivity contribution is -0.217. The van der Waals surface area contributed by atoms with Crippen molar-refractivity contribution < 1.29 is 27.7 Å². The van der Waals surface area contributed by atoms with Gasteiger partial charge in [-0.25, -0.2) is 14.4 Å². The SMILES string of the molecule is CC(C(=O)OOc1ccc(C(F)(F)F)cc1Cl)n1nnc2ccccc21. The molecule has 6 nitrogen and oxygen atoms in total. The van der Waals surface area contributed by atoms with E-state index in [1.54, 1.807) is 24.3 Å². The van der Waals surface area contributed by atoms with Gasteiger partial charge in [0.25, 0.3) is 0 Å². The van der Waals surface area contributed by atoms with Crippen LogP contribution >= 0.6 is 11.6 Å². The van der Waals surface area contributed by atoms with Crippen LogP contribution in [0.2, 0.25) is 5.02 Å². The molecule has 1 heterocycles. The molecule has 0 N–H and O–H groups in total. The molecular formula is C16H11ClF3N3O3. The van der Waals surface area contributed by atoms with Gasteiger partial charge in [0.1, 0.15) is 5.52 Å². The zero-order chi connectivity index (χ0) is 18.9. The topological polar surface area (TPSA) is 66.2 Å². The van der Waals surface area contributed by atoms with Gasteiger partial charge in [-0.2, -0.15) is 13.2 Å². The summed E-state index contributed by atoms with van der Waals surface area (Å²) in [5.41, 5.74) is 0.270. The highest BCUT2D eigenvalue weighted by atomic mass is 35.5. The Morgan fingerprint density at radius 1 is 1.23 bits per heavy atom. The van der Waals surface area contributed by atoms with E-state index in [0.717, 1.165) is 12.1 Å². The number of hydrogen-bond acceptors (Lipinski definition) is 5. The first-order chi connectivity index (χ1) is 12.3. The standard InChI is InChI=1S/C16H11ClF3N3O3/c1-9(23-13-5-3-2-4-12(13)21-22-23)15(24)26-25-14-7-6-10(8-11(14)17)16(18,19)20/h2-9H,1H3. The van der Waals surface area contributed by atoms with Gasteiger partial charge in [0, 0.05) is 0 Å². The van der Waals surface area contributed by atoms with E-state index in [0.29, 0.717) is 17.1 Å². The van der Waals surface area contributed by atoms with E-state index < -0.39 is 23.8 Å². The average Bonchev–Trinajstić information content (AvgIpc) is 3.03. The van der Waals surface area contributed by atoms with Crippen LogP contribution in [0.4, 0.5) is 13.2 Å². The third-order valence-corrected chi connectivity index (χ3v) is 3.85. The molecule has 2 aromatic carbocycles. The maximum absolute atomic E-state index is 12.6. The van der Waals surface area contributed by atoms with Crippen LogP contribution in [-0.4, -0.2) is 21.0 Å². The first kappa shape index (κ1) is 18.0. The van der Waals surface area contributed by atoms with Crippen molar-refractivity contribution in [3.63, 3.8) is 0 Å². The highest BCUT2D eigenvalue weighted by Gasteiger charge is 2.31. The highest BCUT2D eigenvalue weighted by Crippen LogP contribution is 2.34. The maximum Gasteiger partial charge on any atom is 0.416 e. The number of aromatic nitrogens is 3. The number of alkyl halides is 3. The second-order valence-electron chi connectivity index (χ2n) is 5.33. The Hall–Kier alpha value is -2.81. The molecule has 0 aliphatic carbocycles. The van der Waals surface area contributed by atoms with Gasteiger partial charge in [-0.1, -0.05) is 28.9 Å². The second-order valence-corrected chi connectivity index (χ2v) is 5.73. The number of halogens is 4. The largest absolute Gasteiger partial charge is 0.416 e. The van der Waals surface area contributed by atoms with Gasteiger partial charge in [-0.05, 0) is 37.3 Å². The normalized spacial score (nSPS) is 12.8. The Labute approximate surface area is 150 Å². The van der Waals surface area contributed by atoms with Crippen LogP contribution in [0.1, 0.15) is 18.5 Å². The predicted octanol–water partition coefficient (Wildman–Crippen LogP) is 4.20. The van der Waals surface area contributed by atoms with Gasteiger partial charge in [-0.3, -0.25) is 4.89 Å². The molecule has 0 fully saturated rings.